The molecule has 0 aliphatic carbocycles. The summed E-state index contributed by atoms with van der Waals surface area (Å²) in [6.07, 6.45) is -2.05. The molecule has 2 aromatic carbocycles. The molecule has 0 aliphatic heterocycles. The number of hydrogen-bond donors (Lipinski definition) is 3. The molecule has 8 nitrogen and oxygen atoms in total. The zero-order valence-electron chi connectivity index (χ0n) is 18.0. The minimum absolute atomic E-state index is 0.321. The molecule has 3 N–H and O–H groups in total. The number of halogens is 3. The first-order valence-corrected chi connectivity index (χ1v) is 10.2. The minimum Gasteiger partial charge on any atom is -0.572 e. The van der Waals surface area contributed by atoms with Gasteiger partial charge in [0.1, 0.15) is 23.9 Å². The van der Waals surface area contributed by atoms with E-state index in [2.05, 4.69) is 25.4 Å². The highest BCUT2D eigenvalue weighted by Crippen LogP contribution is 2.27. The molecule has 0 spiro atoms. The summed E-state index contributed by atoms with van der Waals surface area (Å²) in [6, 6.07) is 13.2. The molecular formula is C22H24F3N5O3. The molecule has 1 heterocycles. The summed E-state index contributed by atoms with van der Waals surface area (Å²) in [6.45, 7) is 3.61. The van der Waals surface area contributed by atoms with Crippen LogP contribution in [0.5, 0.6) is 5.75 Å². The van der Waals surface area contributed by atoms with Crippen molar-refractivity contribution in [2.75, 3.05) is 10.7 Å². The van der Waals surface area contributed by atoms with Crippen molar-refractivity contribution in [3.05, 3.63) is 66.1 Å². The first-order chi connectivity index (χ1) is 15.6. The summed E-state index contributed by atoms with van der Waals surface area (Å²) in [5, 5.41) is 25.4. The number of hydroxylamine groups is 2. The van der Waals surface area contributed by atoms with Gasteiger partial charge in [0.25, 0.3) is 0 Å². The van der Waals surface area contributed by atoms with Gasteiger partial charge < -0.3 is 15.3 Å². The monoisotopic (exact) mass is 463 g/mol. The number of nitrogens with zero attached hydrogens (tertiary/aromatic N) is 3. The molecule has 2 atom stereocenters. The van der Waals surface area contributed by atoms with E-state index in [0.29, 0.717) is 29.3 Å². The summed E-state index contributed by atoms with van der Waals surface area (Å²) in [7, 11) is 0. The average Bonchev–Trinajstić information content (AvgIpc) is 2.75. The summed E-state index contributed by atoms with van der Waals surface area (Å²) >= 11 is 0. The second kappa shape index (κ2) is 10.0. The Labute approximate surface area is 188 Å². The minimum atomic E-state index is -4.75. The van der Waals surface area contributed by atoms with Gasteiger partial charge in [-0.3, -0.25) is 0 Å². The molecule has 0 fully saturated rings. The van der Waals surface area contributed by atoms with Crippen LogP contribution in [-0.2, 0) is 0 Å². The Morgan fingerprint density at radius 2 is 1.70 bits per heavy atom. The number of anilines is 3. The Morgan fingerprint density at radius 1 is 1.06 bits per heavy atom. The second-order valence-corrected chi connectivity index (χ2v) is 7.44. The molecule has 11 heteroatoms. The Bertz CT molecular complexity index is 1040. The van der Waals surface area contributed by atoms with Crippen molar-refractivity contribution in [3.8, 4) is 17.0 Å². The highest BCUT2D eigenvalue weighted by molar-refractivity contribution is 5.67. The van der Waals surface area contributed by atoms with E-state index in [1.54, 1.807) is 37.3 Å². The molecule has 0 saturated carbocycles. The average molecular weight is 463 g/mol. The first-order valence-electron chi connectivity index (χ1n) is 10.2. The van der Waals surface area contributed by atoms with Crippen LogP contribution >= 0.6 is 0 Å². The predicted octanol–water partition coefficient (Wildman–Crippen LogP) is 6.01. The van der Waals surface area contributed by atoms with Crippen molar-refractivity contribution in [1.29, 1.82) is 0 Å². The van der Waals surface area contributed by atoms with Crippen molar-refractivity contribution < 1.29 is 28.0 Å². The Kier molecular flexibility index (Phi) is 7.36. The zero-order chi connectivity index (χ0) is 24.1. The summed E-state index contributed by atoms with van der Waals surface area (Å²) in [5.74, 6) is 0.114. The van der Waals surface area contributed by atoms with E-state index in [1.165, 1.54) is 30.6 Å². The van der Waals surface area contributed by atoms with Crippen LogP contribution in [0.3, 0.4) is 0 Å². The number of hydrogen-bond acceptors (Lipinski definition) is 7. The summed E-state index contributed by atoms with van der Waals surface area (Å²) in [4.78, 5) is 6.79. The zero-order valence-corrected chi connectivity index (χ0v) is 18.0. The fourth-order valence-corrected chi connectivity index (χ4v) is 3.07. The fraction of sp³-hybridized carbons (Fsp3) is 0.273. The molecule has 0 bridgehead atoms. The third kappa shape index (κ3) is 7.04. The maximum atomic E-state index is 12.3. The van der Waals surface area contributed by atoms with Gasteiger partial charge in [-0.1, -0.05) is 25.5 Å². The smallest absolute Gasteiger partial charge is 0.572 e. The number of ether oxygens (including phenoxy) is 1. The lowest BCUT2D eigenvalue weighted by Crippen LogP contribution is -2.50. The van der Waals surface area contributed by atoms with Crippen LogP contribution < -0.4 is 15.5 Å². The van der Waals surface area contributed by atoms with E-state index >= 15 is 0 Å². The SMILES string of the molecule is CCCC(C)[N+]([O-])(O)Nc1ccc(-c2cc(Nc3ccc(OC(F)(F)F)cc3)ncn2)cc1. The van der Waals surface area contributed by atoms with Crippen LogP contribution in [0.2, 0.25) is 0 Å². The van der Waals surface area contributed by atoms with Gasteiger partial charge in [-0.25, -0.2) is 15.4 Å². The molecule has 0 amide bonds. The lowest BCUT2D eigenvalue weighted by atomic mass is 10.1. The second-order valence-electron chi connectivity index (χ2n) is 7.44. The molecule has 3 aromatic rings. The van der Waals surface area contributed by atoms with E-state index in [9.17, 15) is 23.6 Å². The molecule has 0 radical (unpaired) electrons. The van der Waals surface area contributed by atoms with E-state index in [1.807, 2.05) is 6.92 Å². The van der Waals surface area contributed by atoms with Gasteiger partial charge in [-0.15, -0.1) is 18.1 Å². The van der Waals surface area contributed by atoms with E-state index in [4.69, 9.17) is 0 Å². The van der Waals surface area contributed by atoms with Gasteiger partial charge in [-0.05, 0) is 43.3 Å². The van der Waals surface area contributed by atoms with Gasteiger partial charge in [0.2, 0.25) is 0 Å². The van der Waals surface area contributed by atoms with Gasteiger partial charge in [0.15, 0.2) is 0 Å². The number of benzene rings is 2. The van der Waals surface area contributed by atoms with E-state index in [0.717, 1.165) is 12.0 Å². The highest BCUT2D eigenvalue weighted by atomic mass is 19.4. The first kappa shape index (κ1) is 24.2. The van der Waals surface area contributed by atoms with Crippen LogP contribution in [-0.4, -0.2) is 32.5 Å². The molecule has 1 aromatic heterocycles. The Balaban J connectivity index is 1.68. The predicted molar refractivity (Wildman–Crippen MR) is 117 cm³/mol. The third-order valence-electron chi connectivity index (χ3n) is 4.80. The van der Waals surface area contributed by atoms with Crippen molar-refractivity contribution in [1.82, 2.24) is 9.97 Å². The van der Waals surface area contributed by atoms with Gasteiger partial charge in [0, 0.05) is 23.7 Å². The summed E-state index contributed by atoms with van der Waals surface area (Å²) < 4.78 is 40.7. The maximum absolute atomic E-state index is 12.3. The van der Waals surface area contributed by atoms with E-state index in [-0.39, 0.29) is 5.75 Å². The largest absolute Gasteiger partial charge is 0.573 e. The van der Waals surface area contributed by atoms with Gasteiger partial charge >= 0.3 is 6.36 Å². The van der Waals surface area contributed by atoms with Crippen LogP contribution in [0.1, 0.15) is 26.7 Å². The molecule has 33 heavy (non-hydrogen) atoms. The Hall–Kier alpha value is -3.41. The molecule has 176 valence electrons. The van der Waals surface area contributed by atoms with Crippen molar-refractivity contribution in [2.45, 2.75) is 39.1 Å². The van der Waals surface area contributed by atoms with Gasteiger partial charge in [0.05, 0.1) is 11.4 Å². The molecule has 0 aliphatic rings. The van der Waals surface area contributed by atoms with Crippen LogP contribution in [0.4, 0.5) is 30.4 Å². The number of aromatic nitrogens is 2. The lowest BCUT2D eigenvalue weighted by molar-refractivity contribution is -1.06. The number of quaternary nitrogens is 1. The van der Waals surface area contributed by atoms with E-state index < -0.39 is 17.3 Å². The van der Waals surface area contributed by atoms with Gasteiger partial charge in [-0.2, -0.15) is 5.21 Å². The molecule has 2 unspecified atom stereocenters. The van der Waals surface area contributed by atoms with Crippen molar-refractivity contribution in [3.63, 3.8) is 0 Å². The van der Waals surface area contributed by atoms with Crippen LogP contribution in [0.15, 0.2) is 60.9 Å². The third-order valence-corrected chi connectivity index (χ3v) is 4.80. The van der Waals surface area contributed by atoms with Crippen molar-refractivity contribution in [2.24, 2.45) is 0 Å². The maximum Gasteiger partial charge on any atom is 0.573 e. The Morgan fingerprint density at radius 3 is 2.30 bits per heavy atom. The molecular weight excluding hydrogens is 439 g/mol. The number of nitrogens with one attached hydrogen (secondary N) is 2. The van der Waals surface area contributed by atoms with Crippen molar-refractivity contribution >= 4 is 17.2 Å². The fourth-order valence-electron chi connectivity index (χ4n) is 3.07. The standard InChI is InChI=1S/C22H24F3N5O3/c1-3-4-15(2)30(31,32)29-18-7-5-16(6-8-18)20-13-21(27-14-26-20)28-17-9-11-19(12-10-17)33-22(23,24)25/h5-15,29,31H,3-4H2,1-2H3,(H,26,27,28). The summed E-state index contributed by atoms with van der Waals surface area (Å²) in [5.41, 5.74) is 4.85. The van der Waals surface area contributed by atoms with Crippen LogP contribution in [0.25, 0.3) is 11.3 Å². The highest BCUT2D eigenvalue weighted by Gasteiger charge is 2.31. The molecule has 3 rings (SSSR count). The quantitative estimate of drug-likeness (QED) is 0.264. The number of alkyl halides is 3. The topological polar surface area (TPSA) is 102 Å². The lowest BCUT2D eigenvalue weighted by Gasteiger charge is -2.38. The molecule has 0 saturated heterocycles. The van der Waals surface area contributed by atoms with Crippen LogP contribution in [0, 0.1) is 5.21 Å². The normalized spacial score (nSPS) is 14.3. The number of rotatable bonds is 9.